The van der Waals surface area contributed by atoms with E-state index in [4.69, 9.17) is 4.74 Å². The number of aryl methyl sites for hydroxylation is 1. The molecule has 0 aliphatic carbocycles. The lowest BCUT2D eigenvalue weighted by Gasteiger charge is -2.08. The molecular weight excluding hydrogens is 204 g/mol. The minimum Gasteiger partial charge on any atom is -0.464 e. The summed E-state index contributed by atoms with van der Waals surface area (Å²) in [6.45, 7) is 8.86. The van der Waals surface area contributed by atoms with Gasteiger partial charge in [-0.1, -0.05) is 13.8 Å². The number of hydrogen-bond acceptors (Lipinski definition) is 3. The first-order valence-electron chi connectivity index (χ1n) is 5.47. The highest BCUT2D eigenvalue weighted by atomic mass is 16.5. The summed E-state index contributed by atoms with van der Waals surface area (Å²) in [7, 11) is 1.39. The molecule has 4 heteroatoms. The lowest BCUT2D eigenvalue weighted by molar-refractivity contribution is 0.0594. The molecule has 0 aliphatic heterocycles. The summed E-state index contributed by atoms with van der Waals surface area (Å²) >= 11 is 0. The van der Waals surface area contributed by atoms with Gasteiger partial charge in [0.1, 0.15) is 5.69 Å². The standard InChI is InChI=1S/C12H20N2O2/c1-7(2)13-6-10-8(3)11(12(15)16-5)14-9(10)4/h7,13-14H,6H2,1-5H3. The van der Waals surface area contributed by atoms with Crippen LogP contribution in [0.15, 0.2) is 0 Å². The van der Waals surface area contributed by atoms with E-state index in [2.05, 4.69) is 24.1 Å². The number of carbonyl (C=O) groups excluding carboxylic acids is 1. The summed E-state index contributed by atoms with van der Waals surface area (Å²) < 4.78 is 4.72. The van der Waals surface area contributed by atoms with E-state index in [0.29, 0.717) is 11.7 Å². The Bertz CT molecular complexity index is 381. The van der Waals surface area contributed by atoms with Gasteiger partial charge in [0.05, 0.1) is 7.11 Å². The number of H-pyrrole nitrogens is 1. The Morgan fingerprint density at radius 3 is 2.56 bits per heavy atom. The smallest absolute Gasteiger partial charge is 0.354 e. The van der Waals surface area contributed by atoms with E-state index >= 15 is 0 Å². The Kier molecular flexibility index (Phi) is 4.12. The fraction of sp³-hybridized carbons (Fsp3) is 0.583. The maximum Gasteiger partial charge on any atom is 0.354 e. The quantitative estimate of drug-likeness (QED) is 0.768. The normalized spacial score (nSPS) is 10.9. The minimum atomic E-state index is -0.309. The van der Waals surface area contributed by atoms with Crippen LogP contribution in [0.2, 0.25) is 0 Å². The van der Waals surface area contributed by atoms with Crippen molar-refractivity contribution < 1.29 is 9.53 Å². The van der Waals surface area contributed by atoms with E-state index in [1.807, 2.05) is 13.8 Å². The van der Waals surface area contributed by atoms with Crippen molar-refractivity contribution in [1.29, 1.82) is 0 Å². The number of ether oxygens (including phenoxy) is 1. The van der Waals surface area contributed by atoms with Crippen LogP contribution in [0.1, 0.15) is 41.2 Å². The van der Waals surface area contributed by atoms with Crippen molar-refractivity contribution in [3.05, 3.63) is 22.5 Å². The molecule has 0 aromatic carbocycles. The maximum atomic E-state index is 11.5. The molecular formula is C12H20N2O2. The second-order valence-corrected chi connectivity index (χ2v) is 4.26. The number of aromatic nitrogens is 1. The summed E-state index contributed by atoms with van der Waals surface area (Å²) in [6.07, 6.45) is 0. The average Bonchev–Trinajstić information content (AvgIpc) is 2.51. The van der Waals surface area contributed by atoms with Crippen LogP contribution >= 0.6 is 0 Å². The molecule has 0 atom stereocenters. The Morgan fingerprint density at radius 1 is 1.44 bits per heavy atom. The van der Waals surface area contributed by atoms with E-state index in [1.165, 1.54) is 7.11 Å². The molecule has 0 saturated carbocycles. The lowest BCUT2D eigenvalue weighted by atomic mass is 10.1. The summed E-state index contributed by atoms with van der Waals surface area (Å²) in [5, 5.41) is 3.34. The summed E-state index contributed by atoms with van der Waals surface area (Å²) in [4.78, 5) is 14.5. The predicted octanol–water partition coefficient (Wildman–Crippen LogP) is 1.92. The molecule has 0 saturated heterocycles. The van der Waals surface area contributed by atoms with Crippen molar-refractivity contribution >= 4 is 5.97 Å². The number of nitrogens with one attached hydrogen (secondary N) is 2. The maximum absolute atomic E-state index is 11.5. The van der Waals surface area contributed by atoms with Crippen LogP contribution < -0.4 is 5.32 Å². The molecule has 0 aliphatic rings. The number of aromatic amines is 1. The summed E-state index contributed by atoms with van der Waals surface area (Å²) in [5.41, 5.74) is 3.69. The second-order valence-electron chi connectivity index (χ2n) is 4.26. The zero-order chi connectivity index (χ0) is 12.3. The van der Waals surface area contributed by atoms with Crippen molar-refractivity contribution in [2.24, 2.45) is 0 Å². The molecule has 1 rings (SSSR count). The van der Waals surface area contributed by atoms with Gasteiger partial charge in [-0.25, -0.2) is 4.79 Å². The van der Waals surface area contributed by atoms with Crippen molar-refractivity contribution in [1.82, 2.24) is 10.3 Å². The number of hydrogen-bond donors (Lipinski definition) is 2. The van der Waals surface area contributed by atoms with Gasteiger partial charge < -0.3 is 15.0 Å². The average molecular weight is 224 g/mol. The van der Waals surface area contributed by atoms with Crippen LogP contribution in [0.4, 0.5) is 0 Å². The Hall–Kier alpha value is -1.29. The van der Waals surface area contributed by atoms with Gasteiger partial charge in [0.25, 0.3) is 0 Å². The van der Waals surface area contributed by atoms with Gasteiger partial charge >= 0.3 is 5.97 Å². The first-order valence-corrected chi connectivity index (χ1v) is 5.47. The van der Waals surface area contributed by atoms with Crippen molar-refractivity contribution in [3.63, 3.8) is 0 Å². The number of rotatable bonds is 4. The van der Waals surface area contributed by atoms with E-state index in [-0.39, 0.29) is 5.97 Å². The molecule has 1 heterocycles. The Labute approximate surface area is 96.4 Å². The third-order valence-corrected chi connectivity index (χ3v) is 2.67. The van der Waals surface area contributed by atoms with E-state index < -0.39 is 0 Å². The predicted molar refractivity (Wildman–Crippen MR) is 63.6 cm³/mol. The largest absolute Gasteiger partial charge is 0.464 e. The van der Waals surface area contributed by atoms with E-state index in [1.54, 1.807) is 0 Å². The molecule has 0 radical (unpaired) electrons. The Balaban J connectivity index is 2.93. The highest BCUT2D eigenvalue weighted by Gasteiger charge is 2.17. The van der Waals surface area contributed by atoms with Gasteiger partial charge in [-0.3, -0.25) is 0 Å². The minimum absolute atomic E-state index is 0.309. The number of methoxy groups -OCH3 is 1. The van der Waals surface area contributed by atoms with Crippen LogP contribution in [-0.2, 0) is 11.3 Å². The molecule has 0 unspecified atom stereocenters. The summed E-state index contributed by atoms with van der Waals surface area (Å²) in [5.74, 6) is -0.309. The highest BCUT2D eigenvalue weighted by molar-refractivity contribution is 5.89. The zero-order valence-electron chi connectivity index (χ0n) is 10.6. The van der Waals surface area contributed by atoms with Gasteiger partial charge in [0.2, 0.25) is 0 Å². The van der Waals surface area contributed by atoms with Crippen molar-refractivity contribution in [3.8, 4) is 0 Å². The summed E-state index contributed by atoms with van der Waals surface area (Å²) in [6, 6.07) is 0.426. The van der Waals surface area contributed by atoms with Crippen LogP contribution in [0.5, 0.6) is 0 Å². The van der Waals surface area contributed by atoms with Crippen LogP contribution in [0, 0.1) is 13.8 Å². The molecule has 1 aromatic heterocycles. The molecule has 1 aromatic rings. The number of carbonyl (C=O) groups is 1. The fourth-order valence-corrected chi connectivity index (χ4v) is 1.67. The van der Waals surface area contributed by atoms with Gasteiger partial charge in [-0.2, -0.15) is 0 Å². The van der Waals surface area contributed by atoms with Crippen LogP contribution in [-0.4, -0.2) is 24.1 Å². The van der Waals surface area contributed by atoms with Gasteiger partial charge in [0, 0.05) is 18.3 Å². The van der Waals surface area contributed by atoms with E-state index in [0.717, 1.165) is 23.4 Å². The molecule has 2 N–H and O–H groups in total. The van der Waals surface area contributed by atoms with Crippen LogP contribution in [0.3, 0.4) is 0 Å². The first-order chi connectivity index (χ1) is 7.47. The molecule has 16 heavy (non-hydrogen) atoms. The van der Waals surface area contributed by atoms with Gasteiger partial charge in [-0.15, -0.1) is 0 Å². The Morgan fingerprint density at radius 2 is 2.06 bits per heavy atom. The lowest BCUT2D eigenvalue weighted by Crippen LogP contribution is -2.22. The first kappa shape index (κ1) is 12.8. The van der Waals surface area contributed by atoms with Crippen LogP contribution in [0.25, 0.3) is 0 Å². The fourth-order valence-electron chi connectivity index (χ4n) is 1.67. The zero-order valence-corrected chi connectivity index (χ0v) is 10.6. The topological polar surface area (TPSA) is 54.1 Å². The highest BCUT2D eigenvalue weighted by Crippen LogP contribution is 2.18. The third kappa shape index (κ3) is 2.64. The third-order valence-electron chi connectivity index (χ3n) is 2.67. The molecule has 0 fully saturated rings. The van der Waals surface area contributed by atoms with Crippen molar-refractivity contribution in [2.45, 2.75) is 40.3 Å². The second kappa shape index (κ2) is 5.16. The number of esters is 1. The molecule has 90 valence electrons. The van der Waals surface area contributed by atoms with Gasteiger partial charge in [-0.05, 0) is 25.0 Å². The molecule has 0 amide bonds. The van der Waals surface area contributed by atoms with E-state index in [9.17, 15) is 4.79 Å². The van der Waals surface area contributed by atoms with Crippen molar-refractivity contribution in [2.75, 3.05) is 7.11 Å². The monoisotopic (exact) mass is 224 g/mol. The molecule has 0 spiro atoms. The molecule has 4 nitrogen and oxygen atoms in total. The molecule has 0 bridgehead atoms. The van der Waals surface area contributed by atoms with Gasteiger partial charge in [0.15, 0.2) is 0 Å². The SMILES string of the molecule is COC(=O)c1[nH]c(C)c(CNC(C)C)c1C.